The zero-order valence-corrected chi connectivity index (χ0v) is 4.36. The molecule has 0 rings (SSSR count). The van der Waals surface area contributed by atoms with Crippen molar-refractivity contribution in [2.24, 2.45) is 0 Å². The second-order valence-corrected chi connectivity index (χ2v) is 0.224. The molecule has 0 aliphatic carbocycles. The van der Waals surface area contributed by atoms with Gasteiger partial charge in [0.15, 0.2) is 0 Å². The average molecular weight is 161 g/mol. The summed E-state index contributed by atoms with van der Waals surface area (Å²) in [5.74, 6) is 0. The minimum atomic E-state index is -1.75. The van der Waals surface area contributed by atoms with Crippen molar-refractivity contribution < 1.29 is 27.6 Å². The van der Waals surface area contributed by atoms with E-state index >= 15 is 0 Å². The Morgan fingerprint density at radius 1 is 1.29 bits per heavy atom. The van der Waals surface area contributed by atoms with E-state index in [2.05, 4.69) is 0 Å². The molecule has 0 aromatic heterocycles. The first-order chi connectivity index (χ1) is 1.73. The van der Waals surface area contributed by atoms with Gasteiger partial charge in [-0.25, -0.2) is 0 Å². The third-order valence-electron chi connectivity index (χ3n) is 0. The molecule has 0 heterocycles. The molecule has 6 nitrogen and oxygen atoms in total. The van der Waals surface area contributed by atoms with Gasteiger partial charge in [-0.1, -0.05) is 0 Å². The summed E-state index contributed by atoms with van der Waals surface area (Å²) in [5, 5.41) is 14.8. The summed E-state index contributed by atoms with van der Waals surface area (Å²) in [5.41, 5.74) is 0. The molecule has 0 radical (unpaired) electrons. The van der Waals surface area contributed by atoms with Crippen molar-refractivity contribution in [3.8, 4) is 0 Å². The number of hydrogen-bond acceptors (Lipinski definition) is 4. The zero-order valence-electron chi connectivity index (χ0n) is 3.42. The Labute approximate surface area is 50.0 Å². The average Bonchev–Trinajstić information content (AvgIpc) is 0.811. The Hall–Kier alpha value is -0.361. The normalized spacial score (nSPS) is 3.43. The molecule has 50 valence electrons. The van der Waals surface area contributed by atoms with E-state index in [0.717, 1.165) is 0 Å². The van der Waals surface area contributed by atoms with Crippen molar-refractivity contribution in [3.63, 3.8) is 0 Å². The quantitative estimate of drug-likeness (QED) is 0.302. The summed E-state index contributed by atoms with van der Waals surface area (Å²) >= 11 is 0. The molecule has 0 amide bonds. The molecule has 0 aromatic carbocycles. The summed E-state index contributed by atoms with van der Waals surface area (Å²) in [6, 6.07) is 0. The predicted octanol–water partition coefficient (Wildman–Crippen LogP) is -0.0422. The van der Waals surface area contributed by atoms with Crippen LogP contribution in [0.15, 0.2) is 0 Å². The van der Waals surface area contributed by atoms with Gasteiger partial charge < -0.3 is 26.9 Å². The van der Waals surface area contributed by atoms with Crippen LogP contribution in [0.3, 0.4) is 0 Å². The smallest absolute Gasteiger partial charge is 0.870 e. The second-order valence-electron chi connectivity index (χ2n) is 0.224. The van der Waals surface area contributed by atoms with Gasteiger partial charge >= 0.3 is 17.1 Å². The molecule has 0 aromatic rings. The summed E-state index contributed by atoms with van der Waals surface area (Å²) in [7, 11) is 0. The van der Waals surface area contributed by atoms with Gasteiger partial charge in [0.1, 0.15) is 0 Å². The maximum absolute atomic E-state index is 8.25. The Morgan fingerprint density at radius 2 is 1.29 bits per heavy atom. The molecular weight excluding hydrogens is 156 g/mol. The molecule has 5 N–H and O–H groups in total. The van der Waals surface area contributed by atoms with E-state index in [0.29, 0.717) is 0 Å². The zero-order chi connectivity index (χ0) is 3.58. The molecule has 0 saturated heterocycles. The van der Waals surface area contributed by atoms with Crippen molar-refractivity contribution >= 4 is 0 Å². The fraction of sp³-hybridized carbons (Fsp3) is 0. The van der Waals surface area contributed by atoms with Crippen molar-refractivity contribution in [1.29, 1.82) is 0 Å². The van der Waals surface area contributed by atoms with Crippen molar-refractivity contribution in [3.05, 3.63) is 15.3 Å². The number of rotatable bonds is 0. The molecular formula is H5CuN2O4. The summed E-state index contributed by atoms with van der Waals surface area (Å²) in [6.07, 6.45) is 0. The summed E-state index contributed by atoms with van der Waals surface area (Å²) in [4.78, 5) is 8.25. The topological polar surface area (TPSA) is 133 Å². The minimum Gasteiger partial charge on any atom is -0.870 e. The van der Waals surface area contributed by atoms with Crippen molar-refractivity contribution in [2.45, 2.75) is 0 Å². The van der Waals surface area contributed by atoms with Gasteiger partial charge in [-0.15, -0.1) is 0 Å². The van der Waals surface area contributed by atoms with E-state index < -0.39 is 5.09 Å². The van der Waals surface area contributed by atoms with Gasteiger partial charge in [-0.2, -0.15) is 0 Å². The van der Waals surface area contributed by atoms with Crippen LogP contribution in [0.1, 0.15) is 0 Å². The van der Waals surface area contributed by atoms with Crippen LogP contribution in [0.4, 0.5) is 0 Å². The maximum Gasteiger partial charge on any atom is 1.00 e. The first kappa shape index (κ1) is 30.3. The molecule has 7 heavy (non-hydrogen) atoms. The molecule has 0 bridgehead atoms. The Kier molecular flexibility index (Phi) is 75.4. The van der Waals surface area contributed by atoms with Crippen molar-refractivity contribution in [2.75, 3.05) is 0 Å². The van der Waals surface area contributed by atoms with Crippen LogP contribution in [0.5, 0.6) is 0 Å². The number of nitrogens with zero attached hydrogens (tertiary/aromatic N) is 1. The van der Waals surface area contributed by atoms with Crippen LogP contribution >= 0.6 is 0 Å². The van der Waals surface area contributed by atoms with Crippen LogP contribution in [0.25, 0.3) is 0 Å². The summed E-state index contributed by atoms with van der Waals surface area (Å²) < 4.78 is 0. The third kappa shape index (κ3) is 575. The first-order valence-electron chi connectivity index (χ1n) is 0.548. The Morgan fingerprint density at radius 3 is 1.29 bits per heavy atom. The Balaban J connectivity index is -0.0000000150. The van der Waals surface area contributed by atoms with Crippen LogP contribution < -0.4 is 6.15 Å². The number of quaternary nitrogens is 1. The van der Waals surface area contributed by atoms with E-state index in [1.165, 1.54) is 0 Å². The van der Waals surface area contributed by atoms with Crippen LogP contribution in [-0.2, 0) is 17.1 Å². The largest absolute Gasteiger partial charge is 1.00 e. The SMILES string of the molecule is O=[N+]([O-])[O-].[Cu+].[NH4+].[OH-]. The van der Waals surface area contributed by atoms with Gasteiger partial charge in [0, 0.05) is 0 Å². The molecule has 0 spiro atoms. The monoisotopic (exact) mass is 160 g/mol. The van der Waals surface area contributed by atoms with E-state index in [-0.39, 0.29) is 28.7 Å². The van der Waals surface area contributed by atoms with E-state index in [1.54, 1.807) is 0 Å². The van der Waals surface area contributed by atoms with Crippen LogP contribution in [0, 0.1) is 15.3 Å². The molecule has 0 saturated carbocycles. The molecule has 0 atom stereocenters. The summed E-state index contributed by atoms with van der Waals surface area (Å²) in [6.45, 7) is 0. The fourth-order valence-corrected chi connectivity index (χ4v) is 0. The standard InChI is InChI=1S/Cu.NO3.H3N.H2O/c;2-1(3)4;;/h;;1H3;1H2/q+1;-1;;. The van der Waals surface area contributed by atoms with Crippen molar-refractivity contribution in [1.82, 2.24) is 6.15 Å². The van der Waals surface area contributed by atoms with E-state index in [9.17, 15) is 0 Å². The first-order valence-corrected chi connectivity index (χ1v) is 0.548. The second kappa shape index (κ2) is 17.4. The van der Waals surface area contributed by atoms with E-state index in [1.807, 2.05) is 0 Å². The van der Waals surface area contributed by atoms with Gasteiger partial charge in [0.2, 0.25) is 0 Å². The van der Waals surface area contributed by atoms with Gasteiger partial charge in [0.05, 0.1) is 5.09 Å². The van der Waals surface area contributed by atoms with Crippen LogP contribution in [-0.4, -0.2) is 10.6 Å². The van der Waals surface area contributed by atoms with Gasteiger partial charge in [-0.05, 0) is 0 Å². The molecule has 7 heteroatoms. The van der Waals surface area contributed by atoms with Crippen LogP contribution in [0.2, 0.25) is 0 Å². The Bertz CT molecular complexity index is 32.7. The molecule has 0 aliphatic rings. The third-order valence-corrected chi connectivity index (χ3v) is 0. The molecule has 0 unspecified atom stereocenters. The molecule has 0 aliphatic heterocycles. The van der Waals surface area contributed by atoms with Gasteiger partial charge in [-0.3, -0.25) is 0 Å². The van der Waals surface area contributed by atoms with E-state index in [4.69, 9.17) is 15.3 Å². The molecule has 0 fully saturated rings. The number of hydrogen-bond donors (Lipinski definition) is 1. The predicted molar refractivity (Wildman–Crippen MR) is 18.3 cm³/mol. The fourth-order valence-electron chi connectivity index (χ4n) is 0. The van der Waals surface area contributed by atoms with Gasteiger partial charge in [0.25, 0.3) is 0 Å². The maximum atomic E-state index is 8.25. The minimum absolute atomic E-state index is 0.